The molecule has 0 atom stereocenters. The van der Waals surface area contributed by atoms with Gasteiger partial charge in [0.1, 0.15) is 0 Å². The highest BCUT2D eigenvalue weighted by Crippen LogP contribution is 2.07. The summed E-state index contributed by atoms with van der Waals surface area (Å²) in [4.78, 5) is 23.1. The molecule has 106 valence electrons. The van der Waals surface area contributed by atoms with E-state index in [0.29, 0.717) is 11.1 Å². The van der Waals surface area contributed by atoms with Crippen LogP contribution >= 0.6 is 0 Å². The van der Waals surface area contributed by atoms with Crippen molar-refractivity contribution >= 4 is 18.0 Å². The van der Waals surface area contributed by atoms with Gasteiger partial charge in [0.2, 0.25) is 0 Å². The molecule has 0 aliphatic heterocycles. The first-order valence-electron chi connectivity index (χ1n) is 6.42. The second kappa shape index (κ2) is 6.52. The monoisotopic (exact) mass is 280 g/mol. The molecule has 0 saturated heterocycles. The summed E-state index contributed by atoms with van der Waals surface area (Å²) in [6.45, 7) is 1.91. The Kier molecular flexibility index (Phi) is 4.51. The number of carboxylic acids is 1. The fourth-order valence-electron chi connectivity index (χ4n) is 1.76. The van der Waals surface area contributed by atoms with E-state index in [9.17, 15) is 14.7 Å². The summed E-state index contributed by atoms with van der Waals surface area (Å²) in [7, 11) is 0. The van der Waals surface area contributed by atoms with E-state index in [1.165, 1.54) is 6.08 Å². The standard InChI is InChI=1S/C17H15NO3/c1-12-7-9-14(10-8-12)16(19)18-15(17(20)21)11-13-5-3-2-4-6-13/h2-11H,1H3,(H,18,19)(H,20,21)/p-1/b15-11+. The van der Waals surface area contributed by atoms with Crippen LogP contribution in [0.3, 0.4) is 0 Å². The smallest absolute Gasteiger partial charge is 0.255 e. The van der Waals surface area contributed by atoms with E-state index in [-0.39, 0.29) is 5.70 Å². The number of hydrogen-bond acceptors (Lipinski definition) is 3. The Morgan fingerprint density at radius 3 is 2.19 bits per heavy atom. The number of aryl methyl sites for hydroxylation is 1. The molecule has 0 fully saturated rings. The van der Waals surface area contributed by atoms with Gasteiger partial charge in [-0.3, -0.25) is 4.79 Å². The molecule has 21 heavy (non-hydrogen) atoms. The van der Waals surface area contributed by atoms with Gasteiger partial charge >= 0.3 is 0 Å². The normalized spacial score (nSPS) is 11.0. The first-order valence-corrected chi connectivity index (χ1v) is 6.42. The Morgan fingerprint density at radius 1 is 1.00 bits per heavy atom. The number of carbonyl (C=O) groups is 2. The van der Waals surface area contributed by atoms with Gasteiger partial charge in [-0.15, -0.1) is 0 Å². The summed E-state index contributed by atoms with van der Waals surface area (Å²) in [6, 6.07) is 15.7. The lowest BCUT2D eigenvalue weighted by atomic mass is 10.1. The van der Waals surface area contributed by atoms with Gasteiger partial charge < -0.3 is 15.2 Å². The van der Waals surface area contributed by atoms with E-state index in [4.69, 9.17) is 0 Å². The lowest BCUT2D eigenvalue weighted by Crippen LogP contribution is -2.35. The zero-order valence-electron chi connectivity index (χ0n) is 11.5. The fourth-order valence-corrected chi connectivity index (χ4v) is 1.76. The van der Waals surface area contributed by atoms with Crippen LogP contribution in [0.1, 0.15) is 21.5 Å². The van der Waals surface area contributed by atoms with E-state index in [0.717, 1.165) is 5.56 Å². The molecule has 2 aromatic rings. The van der Waals surface area contributed by atoms with Gasteiger partial charge in [-0.2, -0.15) is 0 Å². The van der Waals surface area contributed by atoms with Gasteiger partial charge in [0, 0.05) is 5.56 Å². The molecule has 1 N–H and O–H groups in total. The van der Waals surface area contributed by atoms with Crippen LogP contribution in [0.5, 0.6) is 0 Å². The fraction of sp³-hybridized carbons (Fsp3) is 0.0588. The quantitative estimate of drug-likeness (QED) is 0.863. The number of hydrogen-bond donors (Lipinski definition) is 1. The molecule has 0 aromatic heterocycles. The lowest BCUT2D eigenvalue weighted by Gasteiger charge is -2.11. The minimum Gasteiger partial charge on any atom is -0.543 e. The van der Waals surface area contributed by atoms with Crippen LogP contribution in [0.2, 0.25) is 0 Å². The third-order valence-electron chi connectivity index (χ3n) is 2.89. The SMILES string of the molecule is Cc1ccc(C(=O)N/C(=C/c2ccccc2)C(=O)[O-])cc1. The van der Waals surface area contributed by atoms with E-state index in [1.54, 1.807) is 48.5 Å². The summed E-state index contributed by atoms with van der Waals surface area (Å²) in [6.07, 6.45) is 1.36. The molecule has 4 nitrogen and oxygen atoms in total. The average Bonchev–Trinajstić information content (AvgIpc) is 2.48. The number of amides is 1. The van der Waals surface area contributed by atoms with Crippen LogP contribution in [0.15, 0.2) is 60.3 Å². The van der Waals surface area contributed by atoms with Crippen molar-refractivity contribution in [1.29, 1.82) is 0 Å². The second-order valence-electron chi connectivity index (χ2n) is 4.58. The predicted molar refractivity (Wildman–Crippen MR) is 78.1 cm³/mol. The first-order chi connectivity index (χ1) is 10.1. The van der Waals surface area contributed by atoms with Crippen molar-refractivity contribution in [1.82, 2.24) is 5.32 Å². The lowest BCUT2D eigenvalue weighted by molar-refractivity contribution is -0.299. The predicted octanol–water partition coefficient (Wildman–Crippen LogP) is 1.52. The van der Waals surface area contributed by atoms with Crippen molar-refractivity contribution < 1.29 is 14.7 Å². The van der Waals surface area contributed by atoms with Crippen LogP contribution in [0.4, 0.5) is 0 Å². The van der Waals surface area contributed by atoms with E-state index >= 15 is 0 Å². The second-order valence-corrected chi connectivity index (χ2v) is 4.58. The highest BCUT2D eigenvalue weighted by Gasteiger charge is 2.08. The molecule has 0 saturated carbocycles. The van der Waals surface area contributed by atoms with Crippen LogP contribution in [0.25, 0.3) is 6.08 Å². The number of rotatable bonds is 4. The molecule has 0 aliphatic carbocycles. The molecule has 0 heterocycles. The zero-order valence-corrected chi connectivity index (χ0v) is 11.5. The molecule has 0 radical (unpaired) electrons. The van der Waals surface area contributed by atoms with Gasteiger partial charge in [-0.25, -0.2) is 0 Å². The molecule has 0 spiro atoms. The Labute approximate surface area is 122 Å². The first kappa shape index (κ1) is 14.5. The van der Waals surface area contributed by atoms with Crippen molar-refractivity contribution in [2.24, 2.45) is 0 Å². The van der Waals surface area contributed by atoms with Crippen molar-refractivity contribution in [3.8, 4) is 0 Å². The average molecular weight is 280 g/mol. The molecule has 0 bridgehead atoms. The van der Waals surface area contributed by atoms with E-state index in [2.05, 4.69) is 5.32 Å². The minimum absolute atomic E-state index is 0.272. The summed E-state index contributed by atoms with van der Waals surface area (Å²) in [5, 5.41) is 13.5. The van der Waals surface area contributed by atoms with E-state index in [1.807, 2.05) is 13.0 Å². The van der Waals surface area contributed by atoms with Crippen LogP contribution in [-0.2, 0) is 4.79 Å². The Morgan fingerprint density at radius 2 is 1.62 bits per heavy atom. The summed E-state index contributed by atoms with van der Waals surface area (Å²) >= 11 is 0. The van der Waals surface area contributed by atoms with Gasteiger partial charge in [-0.1, -0.05) is 48.0 Å². The maximum atomic E-state index is 12.0. The minimum atomic E-state index is -1.43. The summed E-state index contributed by atoms with van der Waals surface area (Å²) < 4.78 is 0. The summed E-state index contributed by atoms with van der Waals surface area (Å²) in [5.41, 5.74) is 1.81. The number of nitrogens with one attached hydrogen (secondary N) is 1. The number of carbonyl (C=O) groups excluding carboxylic acids is 2. The van der Waals surface area contributed by atoms with Gasteiger partial charge in [0.05, 0.1) is 11.7 Å². The Bertz CT molecular complexity index is 673. The van der Waals surface area contributed by atoms with Gasteiger partial charge in [-0.05, 0) is 30.7 Å². The van der Waals surface area contributed by atoms with Crippen LogP contribution < -0.4 is 10.4 Å². The number of aliphatic carboxylic acids is 1. The van der Waals surface area contributed by atoms with Crippen LogP contribution in [0, 0.1) is 6.92 Å². The molecular formula is C17H14NO3-. The topological polar surface area (TPSA) is 69.2 Å². The van der Waals surface area contributed by atoms with Crippen molar-refractivity contribution in [3.63, 3.8) is 0 Å². The number of carboxylic acid groups (broad SMARTS) is 1. The van der Waals surface area contributed by atoms with Crippen molar-refractivity contribution in [3.05, 3.63) is 77.0 Å². The molecule has 1 amide bonds. The molecule has 2 aromatic carbocycles. The molecule has 0 aliphatic rings. The highest BCUT2D eigenvalue weighted by molar-refractivity contribution is 6.02. The molecular weight excluding hydrogens is 266 g/mol. The zero-order chi connectivity index (χ0) is 15.2. The maximum absolute atomic E-state index is 12.0. The Hall–Kier alpha value is -2.88. The highest BCUT2D eigenvalue weighted by atomic mass is 16.4. The largest absolute Gasteiger partial charge is 0.543 e. The molecule has 4 heteroatoms. The number of benzene rings is 2. The van der Waals surface area contributed by atoms with Crippen molar-refractivity contribution in [2.45, 2.75) is 6.92 Å². The Balaban J connectivity index is 2.21. The van der Waals surface area contributed by atoms with Gasteiger partial charge in [0.25, 0.3) is 5.91 Å². The van der Waals surface area contributed by atoms with E-state index < -0.39 is 11.9 Å². The van der Waals surface area contributed by atoms with Gasteiger partial charge in [0.15, 0.2) is 0 Å². The third kappa shape index (κ3) is 4.04. The molecule has 0 unspecified atom stereocenters. The third-order valence-corrected chi connectivity index (χ3v) is 2.89. The molecule has 2 rings (SSSR count). The summed E-state index contributed by atoms with van der Waals surface area (Å²) in [5.74, 6) is -1.92. The maximum Gasteiger partial charge on any atom is 0.255 e. The van der Waals surface area contributed by atoms with Crippen molar-refractivity contribution in [2.75, 3.05) is 0 Å². The van der Waals surface area contributed by atoms with Crippen LogP contribution in [-0.4, -0.2) is 11.9 Å².